The zero-order chi connectivity index (χ0) is 17.1. The van der Waals surface area contributed by atoms with Gasteiger partial charge >= 0.3 is 0 Å². The molecule has 1 aliphatic heterocycles. The third-order valence-electron chi connectivity index (χ3n) is 5.33. The molecule has 6 heteroatoms. The van der Waals surface area contributed by atoms with Crippen molar-refractivity contribution in [2.45, 2.75) is 71.4 Å². The monoisotopic (exact) mass is 334 g/mol. The summed E-state index contributed by atoms with van der Waals surface area (Å²) < 4.78 is 7.90. The van der Waals surface area contributed by atoms with Gasteiger partial charge in [-0.05, 0) is 45.4 Å². The molecule has 0 radical (unpaired) electrons. The molecule has 6 nitrogen and oxygen atoms in total. The standard InChI is InChI=1S/C18H30N4O2/c1-13-6-4-8-17(10-13)24-12-18(23)21-9-5-7-16(11-21)22-15(3)19-14(2)20-22/h13,16-17H,4-12H2,1-3H3. The molecule has 3 unspecified atom stereocenters. The SMILES string of the molecule is Cc1nc(C)n(C2CCCN(C(=O)COC3CCCC(C)C3)C2)n1. The van der Waals surface area contributed by atoms with E-state index in [-0.39, 0.29) is 24.7 Å². The molecule has 1 amide bonds. The summed E-state index contributed by atoms with van der Waals surface area (Å²) in [4.78, 5) is 18.9. The number of carbonyl (C=O) groups excluding carboxylic acids is 1. The summed E-state index contributed by atoms with van der Waals surface area (Å²) in [5.41, 5.74) is 0. The fourth-order valence-corrected chi connectivity index (χ4v) is 4.07. The predicted molar refractivity (Wildman–Crippen MR) is 91.7 cm³/mol. The smallest absolute Gasteiger partial charge is 0.248 e. The summed E-state index contributed by atoms with van der Waals surface area (Å²) in [6.45, 7) is 7.93. The van der Waals surface area contributed by atoms with Gasteiger partial charge in [0.1, 0.15) is 18.3 Å². The Morgan fingerprint density at radius 3 is 2.79 bits per heavy atom. The highest BCUT2D eigenvalue weighted by Crippen LogP contribution is 2.26. The van der Waals surface area contributed by atoms with E-state index >= 15 is 0 Å². The topological polar surface area (TPSA) is 60.2 Å². The summed E-state index contributed by atoms with van der Waals surface area (Å²) in [6.07, 6.45) is 7.02. The maximum atomic E-state index is 12.5. The summed E-state index contributed by atoms with van der Waals surface area (Å²) in [6, 6.07) is 0.235. The molecule has 0 N–H and O–H groups in total. The van der Waals surface area contributed by atoms with Crippen molar-refractivity contribution in [2.75, 3.05) is 19.7 Å². The number of rotatable bonds is 4. The van der Waals surface area contributed by atoms with Gasteiger partial charge in [0.15, 0.2) is 0 Å². The van der Waals surface area contributed by atoms with Gasteiger partial charge in [-0.25, -0.2) is 9.67 Å². The van der Waals surface area contributed by atoms with Gasteiger partial charge in [-0.15, -0.1) is 0 Å². The highest BCUT2D eigenvalue weighted by Gasteiger charge is 2.27. The summed E-state index contributed by atoms with van der Waals surface area (Å²) in [5.74, 6) is 2.56. The first-order valence-corrected chi connectivity index (χ1v) is 9.32. The van der Waals surface area contributed by atoms with Crippen molar-refractivity contribution in [3.63, 3.8) is 0 Å². The molecule has 0 spiro atoms. The highest BCUT2D eigenvalue weighted by molar-refractivity contribution is 5.77. The number of hydrogen-bond acceptors (Lipinski definition) is 4. The highest BCUT2D eigenvalue weighted by atomic mass is 16.5. The van der Waals surface area contributed by atoms with E-state index in [1.165, 1.54) is 12.8 Å². The number of ether oxygens (including phenoxy) is 1. The molecule has 1 saturated carbocycles. The van der Waals surface area contributed by atoms with Crippen LogP contribution in [0.25, 0.3) is 0 Å². The van der Waals surface area contributed by atoms with Crippen molar-refractivity contribution in [2.24, 2.45) is 5.92 Å². The van der Waals surface area contributed by atoms with Gasteiger partial charge in [-0.3, -0.25) is 4.79 Å². The number of nitrogens with zero attached hydrogens (tertiary/aromatic N) is 4. The number of likely N-dealkylation sites (tertiary alicyclic amines) is 1. The quantitative estimate of drug-likeness (QED) is 0.849. The van der Waals surface area contributed by atoms with E-state index in [4.69, 9.17) is 4.74 Å². The summed E-state index contributed by atoms with van der Waals surface area (Å²) in [5, 5.41) is 4.49. The molecule has 1 aromatic rings. The molecule has 2 heterocycles. The van der Waals surface area contributed by atoms with E-state index in [1.54, 1.807) is 0 Å². The van der Waals surface area contributed by atoms with Crippen LogP contribution in [-0.4, -0.2) is 51.4 Å². The van der Waals surface area contributed by atoms with Crippen molar-refractivity contribution in [1.82, 2.24) is 19.7 Å². The second kappa shape index (κ2) is 7.64. The van der Waals surface area contributed by atoms with E-state index in [0.717, 1.165) is 49.8 Å². The largest absolute Gasteiger partial charge is 0.368 e. The molecule has 1 saturated heterocycles. The van der Waals surface area contributed by atoms with Crippen LogP contribution in [0.15, 0.2) is 0 Å². The molecule has 1 aliphatic carbocycles. The van der Waals surface area contributed by atoms with Gasteiger partial charge in [0, 0.05) is 13.1 Å². The van der Waals surface area contributed by atoms with E-state index in [2.05, 4.69) is 17.0 Å². The number of carbonyl (C=O) groups is 1. The first kappa shape index (κ1) is 17.4. The van der Waals surface area contributed by atoms with Gasteiger partial charge in [0.2, 0.25) is 5.91 Å². The van der Waals surface area contributed by atoms with Crippen LogP contribution in [-0.2, 0) is 9.53 Å². The number of hydrogen-bond donors (Lipinski definition) is 0. The Labute approximate surface area is 144 Å². The molecule has 0 bridgehead atoms. The lowest BCUT2D eigenvalue weighted by Gasteiger charge is -2.34. The Bertz CT molecular complexity index is 571. The zero-order valence-corrected chi connectivity index (χ0v) is 15.2. The molecule has 2 aliphatic rings. The molecule has 134 valence electrons. The molecule has 3 rings (SSSR count). The Morgan fingerprint density at radius 1 is 1.25 bits per heavy atom. The Balaban J connectivity index is 1.52. The average Bonchev–Trinajstić information content (AvgIpc) is 2.91. The van der Waals surface area contributed by atoms with Crippen LogP contribution in [0.2, 0.25) is 0 Å². The normalized spacial score (nSPS) is 28.1. The lowest BCUT2D eigenvalue weighted by Crippen LogP contribution is -2.43. The number of aromatic nitrogens is 3. The second-order valence-electron chi connectivity index (χ2n) is 7.49. The minimum Gasteiger partial charge on any atom is -0.368 e. The fourth-order valence-electron chi connectivity index (χ4n) is 4.07. The van der Waals surface area contributed by atoms with E-state index < -0.39 is 0 Å². The Hall–Kier alpha value is -1.43. The van der Waals surface area contributed by atoms with Gasteiger partial charge in [-0.2, -0.15) is 5.10 Å². The molecule has 1 aromatic heterocycles. The van der Waals surface area contributed by atoms with Crippen LogP contribution < -0.4 is 0 Å². The van der Waals surface area contributed by atoms with Crippen molar-refractivity contribution in [1.29, 1.82) is 0 Å². The van der Waals surface area contributed by atoms with Crippen LogP contribution >= 0.6 is 0 Å². The average molecular weight is 334 g/mol. The van der Waals surface area contributed by atoms with Gasteiger partial charge in [0.25, 0.3) is 0 Å². The molecule has 3 atom stereocenters. The number of piperidine rings is 1. The molecule has 0 aromatic carbocycles. The van der Waals surface area contributed by atoms with E-state index in [0.29, 0.717) is 6.54 Å². The second-order valence-corrected chi connectivity index (χ2v) is 7.49. The van der Waals surface area contributed by atoms with Crippen molar-refractivity contribution in [3.05, 3.63) is 11.6 Å². The summed E-state index contributed by atoms with van der Waals surface area (Å²) in [7, 11) is 0. The van der Waals surface area contributed by atoms with Crippen LogP contribution in [0.1, 0.15) is 63.1 Å². The van der Waals surface area contributed by atoms with Gasteiger partial charge in [0.05, 0.1) is 12.1 Å². The lowest BCUT2D eigenvalue weighted by atomic mass is 9.89. The first-order valence-electron chi connectivity index (χ1n) is 9.32. The molecular formula is C18H30N4O2. The maximum absolute atomic E-state index is 12.5. The molecule has 24 heavy (non-hydrogen) atoms. The minimum absolute atomic E-state index is 0.118. The van der Waals surface area contributed by atoms with Crippen molar-refractivity contribution in [3.8, 4) is 0 Å². The third-order valence-corrected chi connectivity index (χ3v) is 5.33. The van der Waals surface area contributed by atoms with Crippen LogP contribution in [0.3, 0.4) is 0 Å². The number of amides is 1. The van der Waals surface area contributed by atoms with Crippen molar-refractivity contribution >= 4 is 5.91 Å². The Kier molecular flexibility index (Phi) is 5.54. The number of aryl methyl sites for hydroxylation is 2. The van der Waals surface area contributed by atoms with E-state index in [1.807, 2.05) is 23.4 Å². The van der Waals surface area contributed by atoms with Crippen LogP contribution in [0, 0.1) is 19.8 Å². The zero-order valence-electron chi connectivity index (χ0n) is 15.2. The summed E-state index contributed by atoms with van der Waals surface area (Å²) >= 11 is 0. The van der Waals surface area contributed by atoms with Crippen molar-refractivity contribution < 1.29 is 9.53 Å². The van der Waals surface area contributed by atoms with Crippen LogP contribution in [0.4, 0.5) is 0 Å². The van der Waals surface area contributed by atoms with Crippen LogP contribution in [0.5, 0.6) is 0 Å². The van der Waals surface area contributed by atoms with Gasteiger partial charge < -0.3 is 9.64 Å². The minimum atomic E-state index is 0.118. The maximum Gasteiger partial charge on any atom is 0.248 e. The first-order chi connectivity index (χ1) is 11.5. The van der Waals surface area contributed by atoms with Gasteiger partial charge in [-0.1, -0.05) is 19.8 Å². The Morgan fingerprint density at radius 2 is 2.08 bits per heavy atom. The molecular weight excluding hydrogens is 304 g/mol. The lowest BCUT2D eigenvalue weighted by molar-refractivity contribution is -0.140. The molecule has 2 fully saturated rings. The fraction of sp³-hybridized carbons (Fsp3) is 0.833. The third kappa shape index (κ3) is 4.15. The van der Waals surface area contributed by atoms with E-state index in [9.17, 15) is 4.79 Å². The predicted octanol–water partition coefficient (Wildman–Crippen LogP) is 2.65.